The molecule has 1 aromatic heterocycles. The summed E-state index contributed by atoms with van der Waals surface area (Å²) in [6.45, 7) is 6.13. The van der Waals surface area contributed by atoms with Gasteiger partial charge in [-0.3, -0.25) is 0 Å². The van der Waals surface area contributed by atoms with Crippen molar-refractivity contribution in [3.63, 3.8) is 0 Å². The maximum Gasteiger partial charge on any atom is 0.250 e. The molecule has 1 atom stereocenters. The van der Waals surface area contributed by atoms with Gasteiger partial charge in [0.25, 0.3) is 0 Å². The molecule has 0 aliphatic heterocycles. The Morgan fingerprint density at radius 1 is 1.29 bits per heavy atom. The fourth-order valence-corrected chi connectivity index (χ4v) is 4.18. The van der Waals surface area contributed by atoms with Crippen LogP contribution in [-0.2, 0) is 10.0 Å². The minimum Gasteiger partial charge on any atom is -0.208 e. The van der Waals surface area contributed by atoms with Gasteiger partial charge in [-0.15, -0.1) is 11.3 Å². The molecule has 3 nitrogen and oxygen atoms in total. The number of thiophene rings is 1. The summed E-state index contributed by atoms with van der Waals surface area (Å²) in [5.74, 6) is 0.582. The summed E-state index contributed by atoms with van der Waals surface area (Å²) >= 11 is 6.81. The second-order valence-corrected chi connectivity index (χ2v) is 8.21. The first-order valence-corrected chi connectivity index (χ1v) is 8.26. The van der Waals surface area contributed by atoms with Gasteiger partial charge in [0.2, 0.25) is 10.0 Å². The highest BCUT2D eigenvalue weighted by molar-refractivity contribution is 7.91. The normalized spacial score (nSPS) is 14.2. The quantitative estimate of drug-likeness (QED) is 0.873. The Balaban J connectivity index is 2.61. The minimum absolute atomic E-state index is 0.0525. The number of hydrogen-bond donors (Lipinski definition) is 1. The molecule has 0 aliphatic rings. The van der Waals surface area contributed by atoms with E-state index in [1.165, 1.54) is 6.07 Å². The molecule has 1 aromatic rings. The van der Waals surface area contributed by atoms with Gasteiger partial charge in [-0.1, -0.05) is 25.4 Å². The van der Waals surface area contributed by atoms with Gasteiger partial charge in [-0.2, -0.15) is 0 Å². The highest BCUT2D eigenvalue weighted by Crippen LogP contribution is 2.25. The number of nitrogens with one attached hydrogen (secondary N) is 1. The summed E-state index contributed by atoms with van der Waals surface area (Å²) in [4.78, 5) is 0. The van der Waals surface area contributed by atoms with Crippen LogP contribution in [0.15, 0.2) is 16.3 Å². The molecular formula is C11H18ClNO2S2. The van der Waals surface area contributed by atoms with Crippen molar-refractivity contribution >= 4 is 33.0 Å². The maximum atomic E-state index is 11.9. The molecule has 0 unspecified atom stereocenters. The Morgan fingerprint density at radius 3 is 2.41 bits per heavy atom. The first-order valence-electron chi connectivity index (χ1n) is 5.59. The highest BCUT2D eigenvalue weighted by atomic mass is 35.5. The summed E-state index contributed by atoms with van der Waals surface area (Å²) in [5, 5.41) is 0. The zero-order valence-corrected chi connectivity index (χ0v) is 12.6. The van der Waals surface area contributed by atoms with E-state index < -0.39 is 10.0 Å². The third-order valence-corrected chi connectivity index (χ3v) is 5.66. The van der Waals surface area contributed by atoms with Crippen molar-refractivity contribution in [3.05, 3.63) is 16.5 Å². The van der Waals surface area contributed by atoms with E-state index in [1.54, 1.807) is 6.07 Å². The predicted octanol–water partition coefficient (Wildman–Crippen LogP) is 3.50. The van der Waals surface area contributed by atoms with Crippen LogP contribution in [0.1, 0.15) is 33.6 Å². The van der Waals surface area contributed by atoms with Crippen LogP contribution in [0.4, 0.5) is 0 Å². The summed E-state index contributed by atoms with van der Waals surface area (Å²) in [6.07, 6.45) is 1.85. The lowest BCUT2D eigenvalue weighted by atomic mass is 10.1. The number of sulfonamides is 1. The van der Waals surface area contributed by atoms with Gasteiger partial charge in [0.1, 0.15) is 4.21 Å². The third kappa shape index (κ3) is 4.95. The monoisotopic (exact) mass is 295 g/mol. The molecule has 0 saturated carbocycles. The number of hydrogen-bond acceptors (Lipinski definition) is 3. The van der Waals surface area contributed by atoms with Crippen molar-refractivity contribution in [2.24, 2.45) is 5.92 Å². The third-order valence-electron chi connectivity index (χ3n) is 2.35. The van der Waals surface area contributed by atoms with Crippen LogP contribution in [0.25, 0.3) is 0 Å². The summed E-state index contributed by atoms with van der Waals surface area (Å²) < 4.78 is 27.3. The van der Waals surface area contributed by atoms with E-state index in [9.17, 15) is 8.42 Å². The molecular weight excluding hydrogens is 278 g/mol. The van der Waals surface area contributed by atoms with Crippen molar-refractivity contribution in [1.29, 1.82) is 0 Å². The summed E-state index contributed by atoms with van der Waals surface area (Å²) in [5.41, 5.74) is 0. The molecule has 98 valence electrons. The fourth-order valence-electron chi connectivity index (χ4n) is 1.41. The topological polar surface area (TPSA) is 46.2 Å². The summed E-state index contributed by atoms with van der Waals surface area (Å²) in [7, 11) is -3.40. The SMILES string of the molecule is CC(C)CC[C@H](C)NS(=O)(=O)c1ccc(Cl)s1. The first kappa shape index (κ1) is 15.0. The van der Waals surface area contributed by atoms with Gasteiger partial charge >= 0.3 is 0 Å². The van der Waals surface area contributed by atoms with Gasteiger partial charge in [-0.25, -0.2) is 13.1 Å². The van der Waals surface area contributed by atoms with E-state index >= 15 is 0 Å². The van der Waals surface area contributed by atoms with E-state index in [0.717, 1.165) is 24.2 Å². The lowest BCUT2D eigenvalue weighted by Gasteiger charge is -2.14. The zero-order valence-electron chi connectivity index (χ0n) is 10.2. The number of halogens is 1. The van der Waals surface area contributed by atoms with E-state index in [-0.39, 0.29) is 10.3 Å². The van der Waals surface area contributed by atoms with Gasteiger partial charge in [-0.05, 0) is 37.8 Å². The van der Waals surface area contributed by atoms with Crippen LogP contribution in [0.5, 0.6) is 0 Å². The van der Waals surface area contributed by atoms with Crippen LogP contribution in [0.2, 0.25) is 4.34 Å². The molecule has 17 heavy (non-hydrogen) atoms. The molecule has 0 radical (unpaired) electrons. The van der Waals surface area contributed by atoms with Gasteiger partial charge < -0.3 is 0 Å². The summed E-state index contributed by atoms with van der Waals surface area (Å²) in [6, 6.07) is 3.08. The molecule has 0 aliphatic carbocycles. The smallest absolute Gasteiger partial charge is 0.208 e. The Kier molecular flexibility index (Phi) is 5.44. The van der Waals surface area contributed by atoms with Gasteiger partial charge in [0.05, 0.1) is 4.34 Å². The second-order valence-electron chi connectivity index (χ2n) is 4.55. The zero-order chi connectivity index (χ0) is 13.1. The molecule has 0 saturated heterocycles. The molecule has 0 aromatic carbocycles. The van der Waals surface area contributed by atoms with Gasteiger partial charge in [0, 0.05) is 6.04 Å². The van der Waals surface area contributed by atoms with Crippen LogP contribution in [0, 0.1) is 5.92 Å². The van der Waals surface area contributed by atoms with Crippen LogP contribution in [0.3, 0.4) is 0 Å². The van der Waals surface area contributed by atoms with E-state index in [1.807, 2.05) is 6.92 Å². The van der Waals surface area contributed by atoms with Crippen LogP contribution < -0.4 is 4.72 Å². The van der Waals surface area contributed by atoms with Crippen molar-refractivity contribution in [2.75, 3.05) is 0 Å². The van der Waals surface area contributed by atoms with Crippen LogP contribution in [-0.4, -0.2) is 14.5 Å². The lowest BCUT2D eigenvalue weighted by Crippen LogP contribution is -2.32. The average Bonchev–Trinajstić information content (AvgIpc) is 2.62. The molecule has 1 heterocycles. The van der Waals surface area contributed by atoms with Crippen molar-refractivity contribution in [3.8, 4) is 0 Å². The van der Waals surface area contributed by atoms with Gasteiger partial charge in [0.15, 0.2) is 0 Å². The maximum absolute atomic E-state index is 11.9. The lowest BCUT2D eigenvalue weighted by molar-refractivity contribution is 0.486. The largest absolute Gasteiger partial charge is 0.250 e. The first-order chi connectivity index (χ1) is 7.81. The molecule has 0 bridgehead atoms. The fraction of sp³-hybridized carbons (Fsp3) is 0.636. The average molecular weight is 296 g/mol. The molecule has 1 N–H and O–H groups in total. The van der Waals surface area contributed by atoms with E-state index in [2.05, 4.69) is 18.6 Å². The number of rotatable bonds is 6. The minimum atomic E-state index is -3.40. The van der Waals surface area contributed by atoms with Crippen molar-refractivity contribution < 1.29 is 8.42 Å². The highest BCUT2D eigenvalue weighted by Gasteiger charge is 2.19. The van der Waals surface area contributed by atoms with E-state index in [4.69, 9.17) is 11.6 Å². The molecule has 0 amide bonds. The van der Waals surface area contributed by atoms with E-state index in [0.29, 0.717) is 10.3 Å². The Hall–Kier alpha value is -0.100. The molecule has 1 rings (SSSR count). The second kappa shape index (κ2) is 6.18. The Morgan fingerprint density at radius 2 is 1.94 bits per heavy atom. The van der Waals surface area contributed by atoms with Crippen LogP contribution >= 0.6 is 22.9 Å². The molecule has 0 fully saturated rings. The molecule has 0 spiro atoms. The predicted molar refractivity (Wildman–Crippen MR) is 73.2 cm³/mol. The Labute approximate surface area is 112 Å². The Bertz CT molecular complexity index is 454. The van der Waals surface area contributed by atoms with Crippen molar-refractivity contribution in [2.45, 2.75) is 43.9 Å². The standard InChI is InChI=1S/C11H18ClNO2S2/c1-8(2)4-5-9(3)13-17(14,15)11-7-6-10(12)16-11/h6-9,13H,4-5H2,1-3H3/t9-/m0/s1. The molecule has 6 heteroatoms. The van der Waals surface area contributed by atoms with Crippen molar-refractivity contribution in [1.82, 2.24) is 4.72 Å².